The number of fused-ring (bicyclic) bond motifs is 1. The summed E-state index contributed by atoms with van der Waals surface area (Å²) in [5, 5.41) is 2.88. The summed E-state index contributed by atoms with van der Waals surface area (Å²) < 4.78 is 0. The Hall–Kier alpha value is -3.67. The number of H-pyrrole nitrogens is 1. The van der Waals surface area contributed by atoms with E-state index in [-0.39, 0.29) is 11.8 Å². The van der Waals surface area contributed by atoms with Crippen LogP contribution in [-0.2, 0) is 11.2 Å². The second kappa shape index (κ2) is 8.22. The van der Waals surface area contributed by atoms with Crippen molar-refractivity contribution in [2.24, 2.45) is 0 Å². The normalized spacial score (nSPS) is 15.9. The van der Waals surface area contributed by atoms with Crippen LogP contribution < -0.4 is 5.32 Å². The van der Waals surface area contributed by atoms with Gasteiger partial charge >= 0.3 is 0 Å². The molecule has 2 aromatic heterocycles. The largest absolute Gasteiger partial charge is 0.358 e. The number of likely N-dealkylation sites (tertiary alicyclic amines) is 1. The van der Waals surface area contributed by atoms with Crippen molar-refractivity contribution in [1.82, 2.24) is 20.2 Å². The molecule has 1 saturated heterocycles. The highest BCUT2D eigenvalue weighted by Gasteiger charge is 2.20. The Morgan fingerprint density at radius 1 is 1.03 bits per heavy atom. The molecule has 1 aromatic carbocycles. The monoisotopic (exact) mass is 412 g/mol. The highest BCUT2D eigenvalue weighted by molar-refractivity contribution is 5.97. The molecule has 0 aliphatic carbocycles. The average molecular weight is 412 g/mol. The van der Waals surface area contributed by atoms with Crippen LogP contribution in [0, 0.1) is 0 Å². The molecule has 2 aliphatic heterocycles. The van der Waals surface area contributed by atoms with Crippen LogP contribution in [0.4, 0.5) is 0 Å². The zero-order chi connectivity index (χ0) is 21.2. The van der Waals surface area contributed by atoms with E-state index in [0.29, 0.717) is 6.54 Å². The van der Waals surface area contributed by atoms with Crippen molar-refractivity contribution in [2.75, 3.05) is 19.6 Å². The maximum absolute atomic E-state index is 12.2. The van der Waals surface area contributed by atoms with E-state index in [0.717, 1.165) is 71.7 Å². The van der Waals surface area contributed by atoms with Crippen molar-refractivity contribution in [2.45, 2.75) is 19.3 Å². The number of nitrogens with zero attached hydrogens (tertiary/aromatic N) is 2. The Morgan fingerprint density at radius 2 is 1.84 bits per heavy atom. The Balaban J connectivity index is 1.34. The van der Waals surface area contributed by atoms with E-state index in [1.54, 1.807) is 12.3 Å². The van der Waals surface area contributed by atoms with Crippen molar-refractivity contribution < 1.29 is 9.59 Å². The first-order valence-corrected chi connectivity index (χ1v) is 10.7. The van der Waals surface area contributed by atoms with Crippen LogP contribution >= 0.6 is 0 Å². The summed E-state index contributed by atoms with van der Waals surface area (Å²) in [7, 11) is 0. The van der Waals surface area contributed by atoms with Crippen LogP contribution in [0.2, 0.25) is 0 Å². The Bertz CT molecular complexity index is 1150. The summed E-state index contributed by atoms with van der Waals surface area (Å²) in [6.45, 7) is 2.38. The molecule has 2 aliphatic rings. The number of nitrogens with one attached hydrogen (secondary N) is 2. The summed E-state index contributed by atoms with van der Waals surface area (Å²) in [5.74, 6) is 0.0585. The molecule has 156 valence electrons. The minimum atomic E-state index is -0.0233. The van der Waals surface area contributed by atoms with Crippen LogP contribution in [-0.4, -0.2) is 46.3 Å². The van der Waals surface area contributed by atoms with Crippen LogP contribution in [0.3, 0.4) is 0 Å². The zero-order valence-corrected chi connectivity index (χ0v) is 17.2. The zero-order valence-electron chi connectivity index (χ0n) is 17.2. The van der Waals surface area contributed by atoms with Gasteiger partial charge < -0.3 is 15.2 Å². The number of amides is 2. The second-order valence-corrected chi connectivity index (χ2v) is 8.00. The fourth-order valence-electron chi connectivity index (χ4n) is 4.18. The summed E-state index contributed by atoms with van der Waals surface area (Å²) in [6.07, 6.45) is 8.31. The van der Waals surface area contributed by atoms with Crippen LogP contribution in [0.15, 0.2) is 54.7 Å². The van der Waals surface area contributed by atoms with Gasteiger partial charge in [0.15, 0.2) is 0 Å². The quantitative estimate of drug-likeness (QED) is 0.642. The van der Waals surface area contributed by atoms with E-state index in [2.05, 4.69) is 15.3 Å². The summed E-state index contributed by atoms with van der Waals surface area (Å²) in [6, 6.07) is 13.9. The molecular weight excluding hydrogens is 388 g/mol. The third kappa shape index (κ3) is 4.01. The molecule has 0 unspecified atom stereocenters. The maximum Gasteiger partial charge on any atom is 0.253 e. The molecule has 1 fully saturated rings. The molecule has 2 N–H and O–H groups in total. The SMILES string of the molecule is O=C1NCCc2[nH]c(-c3ccnc(-c4ccc(/C=C/C(=O)N5CCCC5)cc4)c3)cc21. The number of pyridine rings is 1. The highest BCUT2D eigenvalue weighted by atomic mass is 16.2. The molecule has 0 atom stereocenters. The Labute approximate surface area is 181 Å². The minimum Gasteiger partial charge on any atom is -0.358 e. The molecule has 4 heterocycles. The molecular formula is C25H24N4O2. The number of aromatic nitrogens is 2. The van der Waals surface area contributed by atoms with Crippen molar-refractivity contribution in [1.29, 1.82) is 0 Å². The van der Waals surface area contributed by atoms with Crippen molar-refractivity contribution in [3.05, 3.63) is 71.6 Å². The Morgan fingerprint density at radius 3 is 2.61 bits per heavy atom. The van der Waals surface area contributed by atoms with Crippen LogP contribution in [0.25, 0.3) is 28.6 Å². The maximum atomic E-state index is 12.2. The number of hydrogen-bond donors (Lipinski definition) is 2. The van der Waals surface area contributed by atoms with Crippen molar-refractivity contribution in [3.8, 4) is 22.5 Å². The van der Waals surface area contributed by atoms with E-state index in [1.165, 1.54) is 0 Å². The Kier molecular flexibility index (Phi) is 5.12. The summed E-state index contributed by atoms with van der Waals surface area (Å²) >= 11 is 0. The van der Waals surface area contributed by atoms with Gasteiger partial charge in [0.2, 0.25) is 5.91 Å². The lowest BCUT2D eigenvalue weighted by Gasteiger charge is -2.11. The topological polar surface area (TPSA) is 78.1 Å². The highest BCUT2D eigenvalue weighted by Crippen LogP contribution is 2.27. The van der Waals surface area contributed by atoms with Gasteiger partial charge in [-0.15, -0.1) is 0 Å². The van der Waals surface area contributed by atoms with Gasteiger partial charge in [0, 0.05) is 60.8 Å². The molecule has 6 nitrogen and oxygen atoms in total. The molecule has 6 heteroatoms. The third-order valence-electron chi connectivity index (χ3n) is 5.92. The average Bonchev–Trinajstić information content (AvgIpc) is 3.49. The smallest absolute Gasteiger partial charge is 0.253 e. The van der Waals surface area contributed by atoms with E-state index in [1.807, 2.05) is 53.4 Å². The van der Waals surface area contributed by atoms with Gasteiger partial charge in [-0.1, -0.05) is 24.3 Å². The second-order valence-electron chi connectivity index (χ2n) is 8.00. The van der Waals surface area contributed by atoms with Crippen LogP contribution in [0.5, 0.6) is 0 Å². The number of rotatable bonds is 4. The molecule has 0 radical (unpaired) electrons. The van der Waals surface area contributed by atoms with Gasteiger partial charge in [0.1, 0.15) is 0 Å². The standard InChI is InChI=1S/C25H24N4O2/c30-24(29-13-1-2-14-29)8-5-17-3-6-18(7-4-17)22-15-19(9-11-26-22)23-16-20-21(28-23)10-12-27-25(20)31/h3-9,11,15-16,28H,1-2,10,12-14H2,(H,27,31)/b8-5+. The fourth-order valence-corrected chi connectivity index (χ4v) is 4.18. The number of hydrogen-bond acceptors (Lipinski definition) is 3. The van der Waals surface area contributed by atoms with Gasteiger partial charge in [0.25, 0.3) is 5.91 Å². The van der Waals surface area contributed by atoms with Gasteiger partial charge in [-0.25, -0.2) is 0 Å². The third-order valence-corrected chi connectivity index (χ3v) is 5.92. The summed E-state index contributed by atoms with van der Waals surface area (Å²) in [4.78, 5) is 34.0. The van der Waals surface area contributed by atoms with E-state index < -0.39 is 0 Å². The fraction of sp³-hybridized carbons (Fsp3) is 0.240. The summed E-state index contributed by atoms with van der Waals surface area (Å²) in [5.41, 5.74) is 6.46. The number of carbonyl (C=O) groups is 2. The molecule has 0 bridgehead atoms. The minimum absolute atomic E-state index is 0.0233. The van der Waals surface area contributed by atoms with E-state index in [9.17, 15) is 9.59 Å². The van der Waals surface area contributed by atoms with E-state index >= 15 is 0 Å². The number of benzene rings is 1. The first-order valence-electron chi connectivity index (χ1n) is 10.7. The molecule has 31 heavy (non-hydrogen) atoms. The first kappa shape index (κ1) is 19.3. The lowest BCUT2D eigenvalue weighted by Crippen LogP contribution is -2.31. The molecule has 5 rings (SSSR count). The van der Waals surface area contributed by atoms with Gasteiger partial charge in [-0.3, -0.25) is 14.6 Å². The number of aromatic amines is 1. The first-order chi connectivity index (χ1) is 15.2. The van der Waals surface area contributed by atoms with Crippen molar-refractivity contribution in [3.63, 3.8) is 0 Å². The lowest BCUT2D eigenvalue weighted by molar-refractivity contribution is -0.124. The molecule has 0 saturated carbocycles. The predicted octanol–water partition coefficient (Wildman–Crippen LogP) is 3.67. The lowest BCUT2D eigenvalue weighted by atomic mass is 10.0. The molecule has 3 aromatic rings. The molecule has 0 spiro atoms. The number of carbonyl (C=O) groups excluding carboxylic acids is 2. The molecule has 2 amide bonds. The van der Waals surface area contributed by atoms with Crippen LogP contribution in [0.1, 0.15) is 34.5 Å². The van der Waals surface area contributed by atoms with Gasteiger partial charge in [-0.2, -0.15) is 0 Å². The van der Waals surface area contributed by atoms with Gasteiger partial charge in [-0.05, 0) is 42.7 Å². The van der Waals surface area contributed by atoms with E-state index in [4.69, 9.17) is 0 Å². The predicted molar refractivity (Wildman–Crippen MR) is 120 cm³/mol. The van der Waals surface area contributed by atoms with Crippen molar-refractivity contribution >= 4 is 17.9 Å². The van der Waals surface area contributed by atoms with Gasteiger partial charge in [0.05, 0.1) is 11.3 Å².